The van der Waals surface area contributed by atoms with Gasteiger partial charge >= 0.3 is 0 Å². The average Bonchev–Trinajstić information content (AvgIpc) is 2.63. The molecule has 2 heteroatoms. The van der Waals surface area contributed by atoms with Crippen molar-refractivity contribution in [3.63, 3.8) is 0 Å². The summed E-state index contributed by atoms with van der Waals surface area (Å²) in [6, 6.07) is 3.50. The summed E-state index contributed by atoms with van der Waals surface area (Å²) in [4.78, 5) is 3.39. The fourth-order valence-electron chi connectivity index (χ4n) is 2.59. The van der Waals surface area contributed by atoms with Crippen molar-refractivity contribution < 1.29 is 4.39 Å². The number of hydrogen-bond donors (Lipinski definition) is 1. The number of rotatable bonds is 0. The summed E-state index contributed by atoms with van der Waals surface area (Å²) in [5.74, 6) is -0.110. The van der Waals surface area contributed by atoms with Crippen LogP contribution in [-0.2, 0) is 12.8 Å². The molecule has 1 aliphatic carbocycles. The highest BCUT2D eigenvalue weighted by Gasteiger charge is 2.16. The Kier molecular flexibility index (Phi) is 1.84. The first-order valence-electron chi connectivity index (χ1n) is 5.56. The maximum atomic E-state index is 13.4. The van der Waals surface area contributed by atoms with Gasteiger partial charge in [0.1, 0.15) is 5.82 Å². The van der Waals surface area contributed by atoms with Crippen LogP contribution in [0.3, 0.4) is 0 Å². The molecule has 2 aromatic rings. The molecule has 1 aromatic heterocycles. The SMILES string of the molecule is Cc1c(F)ccc2c3c([nH]c12)CCCC3. The number of halogens is 1. The van der Waals surface area contributed by atoms with E-state index < -0.39 is 0 Å². The molecule has 15 heavy (non-hydrogen) atoms. The zero-order valence-corrected chi connectivity index (χ0v) is 8.86. The predicted octanol–water partition coefficient (Wildman–Crippen LogP) is 3.49. The molecule has 0 aliphatic heterocycles. The summed E-state index contributed by atoms with van der Waals surface area (Å²) >= 11 is 0. The second kappa shape index (κ2) is 3.09. The minimum absolute atomic E-state index is 0.110. The number of aromatic amines is 1. The third-order valence-electron chi connectivity index (χ3n) is 3.47. The van der Waals surface area contributed by atoms with E-state index in [1.807, 2.05) is 13.0 Å². The topological polar surface area (TPSA) is 15.8 Å². The van der Waals surface area contributed by atoms with Gasteiger partial charge in [-0.05, 0) is 50.3 Å². The smallest absolute Gasteiger partial charge is 0.128 e. The van der Waals surface area contributed by atoms with Gasteiger partial charge in [0, 0.05) is 16.6 Å². The molecule has 1 aliphatic rings. The third kappa shape index (κ3) is 1.21. The van der Waals surface area contributed by atoms with Gasteiger partial charge in [-0.25, -0.2) is 4.39 Å². The Morgan fingerprint density at radius 1 is 1.20 bits per heavy atom. The van der Waals surface area contributed by atoms with Crippen LogP contribution >= 0.6 is 0 Å². The van der Waals surface area contributed by atoms with Crippen molar-refractivity contribution in [2.45, 2.75) is 32.6 Å². The Balaban J connectivity index is 2.36. The lowest BCUT2D eigenvalue weighted by Gasteiger charge is -2.10. The number of fused-ring (bicyclic) bond motifs is 3. The van der Waals surface area contributed by atoms with Gasteiger partial charge in [-0.3, -0.25) is 0 Å². The fourth-order valence-corrected chi connectivity index (χ4v) is 2.59. The molecule has 1 aromatic carbocycles. The Morgan fingerprint density at radius 3 is 2.87 bits per heavy atom. The van der Waals surface area contributed by atoms with E-state index in [0.717, 1.165) is 23.9 Å². The van der Waals surface area contributed by atoms with Crippen molar-refractivity contribution in [1.29, 1.82) is 0 Å². The fraction of sp³-hybridized carbons (Fsp3) is 0.385. The summed E-state index contributed by atoms with van der Waals surface area (Å²) in [7, 11) is 0. The van der Waals surface area contributed by atoms with Crippen LogP contribution < -0.4 is 0 Å². The molecule has 0 fully saturated rings. The molecule has 0 saturated heterocycles. The predicted molar refractivity (Wildman–Crippen MR) is 59.6 cm³/mol. The summed E-state index contributed by atoms with van der Waals surface area (Å²) in [6.07, 6.45) is 4.77. The van der Waals surface area contributed by atoms with Crippen LogP contribution in [0, 0.1) is 12.7 Å². The lowest BCUT2D eigenvalue weighted by Crippen LogP contribution is -1.99. The number of aromatic nitrogens is 1. The van der Waals surface area contributed by atoms with E-state index in [1.54, 1.807) is 6.07 Å². The Bertz CT molecular complexity index is 525. The standard InChI is InChI=1S/C13H14FN/c1-8-11(14)7-6-10-9-4-2-3-5-12(9)15-13(8)10/h6-7,15H,2-5H2,1H3. The highest BCUT2D eigenvalue weighted by atomic mass is 19.1. The van der Waals surface area contributed by atoms with Crippen LogP contribution in [-0.4, -0.2) is 4.98 Å². The van der Waals surface area contributed by atoms with Crippen LogP contribution in [0.25, 0.3) is 10.9 Å². The maximum absolute atomic E-state index is 13.4. The van der Waals surface area contributed by atoms with E-state index in [9.17, 15) is 4.39 Å². The lowest BCUT2D eigenvalue weighted by atomic mass is 9.95. The molecule has 0 unspecified atom stereocenters. The minimum atomic E-state index is -0.110. The van der Waals surface area contributed by atoms with E-state index in [-0.39, 0.29) is 5.82 Å². The Labute approximate surface area is 88.3 Å². The molecule has 0 amide bonds. The molecule has 78 valence electrons. The van der Waals surface area contributed by atoms with Crippen molar-refractivity contribution in [1.82, 2.24) is 4.98 Å². The van der Waals surface area contributed by atoms with Crippen molar-refractivity contribution in [2.75, 3.05) is 0 Å². The van der Waals surface area contributed by atoms with Gasteiger partial charge < -0.3 is 4.98 Å². The Hall–Kier alpha value is -1.31. The van der Waals surface area contributed by atoms with E-state index in [0.29, 0.717) is 0 Å². The highest BCUT2D eigenvalue weighted by molar-refractivity contribution is 5.87. The molecule has 1 nitrogen and oxygen atoms in total. The summed E-state index contributed by atoms with van der Waals surface area (Å²) in [5, 5.41) is 1.23. The van der Waals surface area contributed by atoms with Gasteiger partial charge in [0.15, 0.2) is 0 Å². The molecule has 0 bridgehead atoms. The van der Waals surface area contributed by atoms with E-state index >= 15 is 0 Å². The third-order valence-corrected chi connectivity index (χ3v) is 3.47. The van der Waals surface area contributed by atoms with Gasteiger partial charge in [-0.2, -0.15) is 0 Å². The van der Waals surface area contributed by atoms with Gasteiger partial charge in [0.05, 0.1) is 5.52 Å². The van der Waals surface area contributed by atoms with Crippen LogP contribution in [0.2, 0.25) is 0 Å². The number of hydrogen-bond acceptors (Lipinski definition) is 0. The zero-order chi connectivity index (χ0) is 10.4. The van der Waals surface area contributed by atoms with Crippen LogP contribution in [0.4, 0.5) is 4.39 Å². The van der Waals surface area contributed by atoms with Crippen LogP contribution in [0.5, 0.6) is 0 Å². The summed E-state index contributed by atoms with van der Waals surface area (Å²) in [5.41, 5.74) is 4.49. The van der Waals surface area contributed by atoms with Gasteiger partial charge in [-0.1, -0.05) is 0 Å². The zero-order valence-electron chi connectivity index (χ0n) is 8.86. The van der Waals surface area contributed by atoms with Crippen LogP contribution in [0.15, 0.2) is 12.1 Å². The molecule has 0 radical (unpaired) electrons. The maximum Gasteiger partial charge on any atom is 0.128 e. The van der Waals surface area contributed by atoms with E-state index in [2.05, 4.69) is 4.98 Å². The van der Waals surface area contributed by atoms with E-state index in [4.69, 9.17) is 0 Å². The largest absolute Gasteiger partial charge is 0.358 e. The second-order valence-electron chi connectivity index (χ2n) is 4.38. The quantitative estimate of drug-likeness (QED) is 0.674. The van der Waals surface area contributed by atoms with Crippen molar-refractivity contribution >= 4 is 10.9 Å². The first-order chi connectivity index (χ1) is 7.27. The van der Waals surface area contributed by atoms with Crippen LogP contribution in [0.1, 0.15) is 29.7 Å². The number of H-pyrrole nitrogens is 1. The van der Waals surface area contributed by atoms with Crippen molar-refractivity contribution in [3.05, 3.63) is 34.8 Å². The first kappa shape index (κ1) is 8.96. The second-order valence-corrected chi connectivity index (χ2v) is 4.38. The monoisotopic (exact) mass is 203 g/mol. The molecule has 0 saturated carbocycles. The molecule has 1 heterocycles. The first-order valence-corrected chi connectivity index (χ1v) is 5.56. The number of aryl methyl sites for hydroxylation is 3. The summed E-state index contributed by atoms with van der Waals surface area (Å²) < 4.78 is 13.4. The average molecular weight is 203 g/mol. The highest BCUT2D eigenvalue weighted by Crippen LogP contribution is 2.31. The minimum Gasteiger partial charge on any atom is -0.358 e. The molecule has 0 spiro atoms. The van der Waals surface area contributed by atoms with Gasteiger partial charge in [-0.15, -0.1) is 0 Å². The molecular formula is C13H14FN. The lowest BCUT2D eigenvalue weighted by molar-refractivity contribution is 0.620. The summed E-state index contributed by atoms with van der Waals surface area (Å²) in [6.45, 7) is 1.85. The molecular weight excluding hydrogens is 189 g/mol. The van der Waals surface area contributed by atoms with E-state index in [1.165, 1.54) is 29.5 Å². The van der Waals surface area contributed by atoms with Crippen molar-refractivity contribution in [2.24, 2.45) is 0 Å². The molecule has 3 rings (SSSR count). The van der Waals surface area contributed by atoms with Gasteiger partial charge in [0.25, 0.3) is 0 Å². The Morgan fingerprint density at radius 2 is 2.00 bits per heavy atom. The number of nitrogens with one attached hydrogen (secondary N) is 1. The van der Waals surface area contributed by atoms with Crippen molar-refractivity contribution in [3.8, 4) is 0 Å². The molecule has 1 N–H and O–H groups in total. The number of benzene rings is 1. The molecule has 0 atom stereocenters. The normalized spacial score (nSPS) is 15.6. The van der Waals surface area contributed by atoms with Gasteiger partial charge in [0.2, 0.25) is 0 Å².